The van der Waals surface area contributed by atoms with Crippen LogP contribution < -0.4 is 10.6 Å². The van der Waals surface area contributed by atoms with Gasteiger partial charge in [-0.25, -0.2) is 0 Å². The minimum absolute atomic E-state index is 0.369. The number of nitrogens with zero attached hydrogens (tertiary/aromatic N) is 2. The van der Waals surface area contributed by atoms with E-state index in [-0.39, 0.29) is 0 Å². The van der Waals surface area contributed by atoms with Gasteiger partial charge >= 0.3 is 0 Å². The molecule has 0 saturated carbocycles. The molecule has 1 aromatic rings. The van der Waals surface area contributed by atoms with Crippen LogP contribution in [0.15, 0.2) is 18.3 Å². The fourth-order valence-corrected chi connectivity index (χ4v) is 3.32. The molecule has 2 heterocycles. The van der Waals surface area contributed by atoms with Gasteiger partial charge in [0.25, 0.3) is 0 Å². The summed E-state index contributed by atoms with van der Waals surface area (Å²) in [5, 5.41) is 0. The van der Waals surface area contributed by atoms with Crippen LogP contribution in [0.3, 0.4) is 0 Å². The second-order valence-electron chi connectivity index (χ2n) is 3.86. The third kappa shape index (κ3) is 2.30. The van der Waals surface area contributed by atoms with Gasteiger partial charge in [-0.2, -0.15) is 11.8 Å². The lowest BCUT2D eigenvalue weighted by molar-refractivity contribution is 0.698. The quantitative estimate of drug-likeness (QED) is 0.830. The highest BCUT2D eigenvalue weighted by atomic mass is 32.2. The van der Waals surface area contributed by atoms with E-state index < -0.39 is 0 Å². The molecule has 2 rings (SSSR count). The van der Waals surface area contributed by atoms with Crippen molar-refractivity contribution in [3.63, 3.8) is 0 Å². The largest absolute Gasteiger partial charge is 0.388 e. The average Bonchev–Trinajstić information content (AvgIpc) is 2.81. The lowest BCUT2D eigenvalue weighted by Gasteiger charge is -2.27. The highest BCUT2D eigenvalue weighted by molar-refractivity contribution is 7.99. The van der Waals surface area contributed by atoms with E-state index in [9.17, 15) is 0 Å². The van der Waals surface area contributed by atoms with Gasteiger partial charge in [0, 0.05) is 25.0 Å². The lowest BCUT2D eigenvalue weighted by Crippen LogP contribution is -2.33. The summed E-state index contributed by atoms with van der Waals surface area (Å²) in [7, 11) is 2.09. The van der Waals surface area contributed by atoms with Crippen molar-refractivity contribution < 1.29 is 0 Å². The SMILES string of the molecule is CN(c1cccnc1C(N)=S)C1CCSC1. The van der Waals surface area contributed by atoms with Crippen LogP contribution in [0.1, 0.15) is 12.1 Å². The maximum absolute atomic E-state index is 5.69. The normalized spacial score (nSPS) is 19.7. The fraction of sp³-hybridized carbons (Fsp3) is 0.455. The fourth-order valence-electron chi connectivity index (χ4n) is 1.90. The molecule has 1 fully saturated rings. The number of nitrogens with two attached hydrogens (primary N) is 1. The van der Waals surface area contributed by atoms with Crippen LogP contribution in [0.2, 0.25) is 0 Å². The van der Waals surface area contributed by atoms with E-state index >= 15 is 0 Å². The summed E-state index contributed by atoms with van der Waals surface area (Å²) in [6.45, 7) is 0. The Bertz CT molecular complexity index is 389. The summed E-state index contributed by atoms with van der Waals surface area (Å²) < 4.78 is 0. The lowest BCUT2D eigenvalue weighted by atomic mass is 10.2. The van der Waals surface area contributed by atoms with Gasteiger partial charge < -0.3 is 10.6 Å². The maximum atomic E-state index is 5.69. The van der Waals surface area contributed by atoms with Crippen molar-refractivity contribution >= 4 is 34.7 Å². The molecule has 3 nitrogen and oxygen atoms in total. The van der Waals surface area contributed by atoms with Crippen LogP contribution >= 0.6 is 24.0 Å². The number of pyridine rings is 1. The molecular formula is C11H15N3S2. The second kappa shape index (κ2) is 5.01. The number of hydrogen-bond acceptors (Lipinski definition) is 4. The van der Waals surface area contributed by atoms with Gasteiger partial charge in [-0.3, -0.25) is 4.98 Å². The molecule has 5 heteroatoms. The van der Waals surface area contributed by atoms with E-state index in [1.54, 1.807) is 6.20 Å². The predicted molar refractivity (Wildman–Crippen MR) is 74.3 cm³/mol. The number of thiocarbonyl (C=S) groups is 1. The Morgan fingerprint density at radius 1 is 1.69 bits per heavy atom. The van der Waals surface area contributed by atoms with Crippen LogP contribution in [0.4, 0.5) is 5.69 Å². The molecule has 1 aliphatic heterocycles. The molecule has 0 aliphatic carbocycles. The van der Waals surface area contributed by atoms with E-state index in [1.165, 1.54) is 17.9 Å². The Kier molecular flexibility index (Phi) is 3.66. The summed E-state index contributed by atoms with van der Waals surface area (Å²) in [6, 6.07) is 4.53. The van der Waals surface area contributed by atoms with E-state index in [0.29, 0.717) is 11.0 Å². The van der Waals surface area contributed by atoms with Gasteiger partial charge in [0.2, 0.25) is 0 Å². The van der Waals surface area contributed by atoms with Crippen LogP contribution in [-0.4, -0.2) is 34.6 Å². The topological polar surface area (TPSA) is 42.2 Å². The van der Waals surface area contributed by atoms with Crippen LogP contribution in [0.25, 0.3) is 0 Å². The molecule has 1 unspecified atom stereocenters. The molecule has 1 atom stereocenters. The Hall–Kier alpha value is -0.810. The second-order valence-corrected chi connectivity index (χ2v) is 5.45. The minimum atomic E-state index is 0.369. The first-order chi connectivity index (χ1) is 7.70. The summed E-state index contributed by atoms with van der Waals surface area (Å²) in [6.07, 6.45) is 2.95. The Balaban J connectivity index is 2.27. The third-order valence-electron chi connectivity index (χ3n) is 2.85. The first-order valence-electron chi connectivity index (χ1n) is 5.25. The number of thioether (sulfide) groups is 1. The molecule has 0 aromatic carbocycles. The van der Waals surface area contributed by atoms with Crippen molar-refractivity contribution in [1.82, 2.24) is 4.98 Å². The van der Waals surface area contributed by atoms with E-state index in [0.717, 1.165) is 11.4 Å². The number of rotatable bonds is 3. The molecule has 2 N–H and O–H groups in total. The summed E-state index contributed by atoms with van der Waals surface area (Å²) in [5.41, 5.74) is 7.47. The van der Waals surface area contributed by atoms with Gasteiger partial charge in [0.05, 0.1) is 5.69 Å². The zero-order valence-electron chi connectivity index (χ0n) is 9.22. The van der Waals surface area contributed by atoms with Crippen molar-refractivity contribution in [2.45, 2.75) is 12.5 Å². The standard InChI is InChI=1S/C11H15N3S2/c1-14(8-4-6-16-7-8)9-3-2-5-13-10(9)11(12)15/h2-3,5,8H,4,6-7H2,1H3,(H2,12,15). The Morgan fingerprint density at radius 2 is 2.50 bits per heavy atom. The van der Waals surface area contributed by atoms with Gasteiger partial charge in [-0.15, -0.1) is 0 Å². The van der Waals surface area contributed by atoms with Crippen molar-refractivity contribution in [2.75, 3.05) is 23.5 Å². The van der Waals surface area contributed by atoms with Gasteiger partial charge in [0.1, 0.15) is 10.7 Å². The first-order valence-corrected chi connectivity index (χ1v) is 6.82. The van der Waals surface area contributed by atoms with Crippen LogP contribution in [-0.2, 0) is 0 Å². The molecule has 16 heavy (non-hydrogen) atoms. The number of aromatic nitrogens is 1. The highest BCUT2D eigenvalue weighted by Gasteiger charge is 2.22. The molecule has 0 amide bonds. The Labute approximate surface area is 105 Å². The van der Waals surface area contributed by atoms with Crippen LogP contribution in [0.5, 0.6) is 0 Å². The van der Waals surface area contributed by atoms with Crippen molar-refractivity contribution in [1.29, 1.82) is 0 Å². The number of anilines is 1. The smallest absolute Gasteiger partial charge is 0.124 e. The average molecular weight is 253 g/mol. The molecule has 1 aliphatic rings. The van der Waals surface area contributed by atoms with Gasteiger partial charge in [-0.1, -0.05) is 12.2 Å². The molecular weight excluding hydrogens is 238 g/mol. The zero-order chi connectivity index (χ0) is 11.5. The summed E-state index contributed by atoms with van der Waals surface area (Å²) in [5.74, 6) is 2.40. The van der Waals surface area contributed by atoms with Gasteiger partial charge in [0.15, 0.2) is 0 Å². The van der Waals surface area contributed by atoms with Crippen molar-refractivity contribution in [3.8, 4) is 0 Å². The van der Waals surface area contributed by atoms with E-state index in [2.05, 4.69) is 16.9 Å². The highest BCUT2D eigenvalue weighted by Crippen LogP contribution is 2.27. The van der Waals surface area contributed by atoms with E-state index in [1.807, 2.05) is 23.9 Å². The van der Waals surface area contributed by atoms with Crippen LogP contribution in [0, 0.1) is 0 Å². The third-order valence-corrected chi connectivity index (χ3v) is 4.19. The monoisotopic (exact) mass is 253 g/mol. The molecule has 86 valence electrons. The molecule has 0 spiro atoms. The number of hydrogen-bond donors (Lipinski definition) is 1. The van der Waals surface area contributed by atoms with Gasteiger partial charge in [-0.05, 0) is 24.3 Å². The van der Waals surface area contributed by atoms with E-state index in [4.69, 9.17) is 18.0 Å². The first kappa shape index (κ1) is 11.7. The predicted octanol–water partition coefficient (Wildman–Crippen LogP) is 1.66. The van der Waals surface area contributed by atoms with Crippen molar-refractivity contribution in [3.05, 3.63) is 24.0 Å². The van der Waals surface area contributed by atoms with Crippen molar-refractivity contribution in [2.24, 2.45) is 5.73 Å². The molecule has 0 radical (unpaired) electrons. The Morgan fingerprint density at radius 3 is 3.12 bits per heavy atom. The molecule has 1 saturated heterocycles. The molecule has 0 bridgehead atoms. The molecule has 1 aromatic heterocycles. The summed E-state index contributed by atoms with van der Waals surface area (Å²) in [4.78, 5) is 6.88. The summed E-state index contributed by atoms with van der Waals surface area (Å²) >= 11 is 7.02. The zero-order valence-corrected chi connectivity index (χ0v) is 10.9. The minimum Gasteiger partial charge on any atom is -0.388 e. The maximum Gasteiger partial charge on any atom is 0.124 e.